The summed E-state index contributed by atoms with van der Waals surface area (Å²) in [5.74, 6) is -1.46. The van der Waals surface area contributed by atoms with Crippen LogP contribution in [0.2, 0.25) is 5.02 Å². The van der Waals surface area contributed by atoms with Crippen molar-refractivity contribution in [3.05, 3.63) is 52.8 Å². The van der Waals surface area contributed by atoms with E-state index in [1.54, 1.807) is 18.2 Å². The summed E-state index contributed by atoms with van der Waals surface area (Å²) in [5, 5.41) is 2.71. The predicted molar refractivity (Wildman–Crippen MR) is 89.9 cm³/mol. The van der Waals surface area contributed by atoms with Crippen LogP contribution in [0.5, 0.6) is 11.5 Å². The molecular weight excluding hydrogens is 353 g/mol. The molecule has 0 heterocycles. The monoisotopic (exact) mass is 367 g/mol. The highest BCUT2D eigenvalue weighted by Gasteiger charge is 2.16. The van der Waals surface area contributed by atoms with Crippen molar-refractivity contribution >= 4 is 29.2 Å². The third-order valence-corrected chi connectivity index (χ3v) is 3.40. The number of anilines is 1. The molecule has 2 aromatic rings. The van der Waals surface area contributed by atoms with Gasteiger partial charge in [0.15, 0.2) is 6.61 Å². The number of carbonyl (C=O) groups excluding carboxylic acids is 2. The van der Waals surface area contributed by atoms with Crippen molar-refractivity contribution in [2.24, 2.45) is 0 Å². The minimum atomic E-state index is -0.989. The molecule has 0 saturated heterocycles. The van der Waals surface area contributed by atoms with Gasteiger partial charge in [0.2, 0.25) is 0 Å². The Morgan fingerprint density at radius 1 is 1.12 bits per heavy atom. The van der Waals surface area contributed by atoms with E-state index in [4.69, 9.17) is 25.8 Å². The minimum Gasteiger partial charge on any atom is -0.497 e. The van der Waals surface area contributed by atoms with E-state index in [0.29, 0.717) is 17.2 Å². The zero-order valence-electron chi connectivity index (χ0n) is 13.5. The maximum Gasteiger partial charge on any atom is 0.341 e. The van der Waals surface area contributed by atoms with Gasteiger partial charge in [0.1, 0.15) is 17.3 Å². The number of hydrogen-bond acceptors (Lipinski definition) is 5. The number of ether oxygens (including phenoxy) is 3. The molecule has 0 bridgehead atoms. The zero-order chi connectivity index (χ0) is 18.4. The number of amides is 1. The Kier molecular flexibility index (Phi) is 6.19. The number of benzene rings is 2. The molecule has 1 N–H and O–H groups in total. The van der Waals surface area contributed by atoms with E-state index in [1.165, 1.54) is 20.3 Å². The Labute approximate surface area is 148 Å². The van der Waals surface area contributed by atoms with E-state index >= 15 is 0 Å². The Morgan fingerprint density at radius 3 is 2.56 bits per heavy atom. The number of halogens is 2. The quantitative estimate of drug-likeness (QED) is 0.793. The molecule has 6 nitrogen and oxygen atoms in total. The topological polar surface area (TPSA) is 73.9 Å². The lowest BCUT2D eigenvalue weighted by atomic mass is 10.2. The summed E-state index contributed by atoms with van der Waals surface area (Å²) in [6.07, 6.45) is 0. The molecule has 0 unspecified atom stereocenters. The molecular formula is C17H15ClFNO5. The fourth-order valence-corrected chi connectivity index (χ4v) is 2.12. The highest BCUT2D eigenvalue weighted by atomic mass is 35.5. The Morgan fingerprint density at radius 2 is 1.88 bits per heavy atom. The first-order valence-electron chi connectivity index (χ1n) is 7.08. The minimum absolute atomic E-state index is 0.181. The van der Waals surface area contributed by atoms with Gasteiger partial charge in [-0.1, -0.05) is 11.6 Å². The number of methoxy groups -OCH3 is 2. The van der Waals surface area contributed by atoms with Gasteiger partial charge >= 0.3 is 5.97 Å². The normalized spacial score (nSPS) is 10.1. The molecule has 0 fully saturated rings. The molecule has 0 aliphatic carbocycles. The molecule has 0 spiro atoms. The molecule has 0 aliphatic heterocycles. The number of nitrogens with one attached hydrogen (secondary N) is 1. The first-order valence-corrected chi connectivity index (χ1v) is 7.46. The van der Waals surface area contributed by atoms with E-state index in [-0.39, 0.29) is 10.6 Å². The van der Waals surface area contributed by atoms with E-state index in [0.717, 1.165) is 12.1 Å². The predicted octanol–water partition coefficient (Wildman–Crippen LogP) is 3.29. The third-order valence-electron chi connectivity index (χ3n) is 3.17. The molecule has 0 atom stereocenters. The average Bonchev–Trinajstić information content (AvgIpc) is 2.62. The van der Waals surface area contributed by atoms with Crippen molar-refractivity contribution in [2.45, 2.75) is 0 Å². The van der Waals surface area contributed by atoms with Gasteiger partial charge in [0.05, 0.1) is 25.5 Å². The number of carbonyl (C=O) groups is 2. The third kappa shape index (κ3) is 4.84. The maximum atomic E-state index is 13.6. The second-order valence-electron chi connectivity index (χ2n) is 4.81. The van der Waals surface area contributed by atoms with Gasteiger partial charge in [0, 0.05) is 11.1 Å². The van der Waals surface area contributed by atoms with Crippen LogP contribution in [0.25, 0.3) is 0 Å². The van der Waals surface area contributed by atoms with Crippen molar-refractivity contribution in [2.75, 3.05) is 26.1 Å². The number of hydrogen-bond donors (Lipinski definition) is 1. The van der Waals surface area contributed by atoms with Gasteiger partial charge in [-0.2, -0.15) is 0 Å². The zero-order valence-corrected chi connectivity index (χ0v) is 14.2. The lowest BCUT2D eigenvalue weighted by molar-refractivity contribution is -0.119. The molecule has 2 aromatic carbocycles. The van der Waals surface area contributed by atoms with Crippen molar-refractivity contribution in [3.63, 3.8) is 0 Å². The number of esters is 1. The summed E-state index contributed by atoms with van der Waals surface area (Å²) in [6.45, 7) is -0.597. The molecule has 1 amide bonds. The SMILES string of the molecule is COc1ccc(NC(=O)COC(=O)c2cc(Cl)ccc2F)c(OC)c1. The summed E-state index contributed by atoms with van der Waals surface area (Å²) in [5.41, 5.74) is 0.0283. The highest BCUT2D eigenvalue weighted by Crippen LogP contribution is 2.28. The lowest BCUT2D eigenvalue weighted by Gasteiger charge is -2.12. The summed E-state index contributed by atoms with van der Waals surface area (Å²) in [4.78, 5) is 23.8. The molecule has 25 heavy (non-hydrogen) atoms. The Bertz CT molecular complexity index is 797. The van der Waals surface area contributed by atoms with Gasteiger partial charge in [-0.25, -0.2) is 9.18 Å². The fraction of sp³-hybridized carbons (Fsp3) is 0.176. The fourth-order valence-electron chi connectivity index (χ4n) is 1.95. The summed E-state index contributed by atoms with van der Waals surface area (Å²) in [6, 6.07) is 8.27. The second-order valence-corrected chi connectivity index (χ2v) is 5.25. The van der Waals surface area contributed by atoms with Crippen molar-refractivity contribution in [3.8, 4) is 11.5 Å². The van der Waals surface area contributed by atoms with Crippen molar-refractivity contribution < 1.29 is 28.2 Å². The van der Waals surface area contributed by atoms with E-state index < -0.39 is 24.3 Å². The van der Waals surface area contributed by atoms with Gasteiger partial charge in [-0.3, -0.25) is 4.79 Å². The van der Waals surface area contributed by atoms with Crippen LogP contribution >= 0.6 is 11.6 Å². The van der Waals surface area contributed by atoms with Crippen LogP contribution in [-0.2, 0) is 9.53 Å². The van der Waals surface area contributed by atoms with Crippen LogP contribution in [0.15, 0.2) is 36.4 Å². The van der Waals surface area contributed by atoms with Gasteiger partial charge < -0.3 is 19.5 Å². The summed E-state index contributed by atoms with van der Waals surface area (Å²) in [7, 11) is 2.94. The van der Waals surface area contributed by atoms with Crippen LogP contribution in [0.3, 0.4) is 0 Å². The first-order chi connectivity index (χ1) is 11.9. The van der Waals surface area contributed by atoms with Crippen LogP contribution < -0.4 is 14.8 Å². The van der Waals surface area contributed by atoms with Crippen LogP contribution in [-0.4, -0.2) is 32.7 Å². The van der Waals surface area contributed by atoms with Crippen LogP contribution in [0.1, 0.15) is 10.4 Å². The molecule has 8 heteroatoms. The molecule has 0 saturated carbocycles. The molecule has 0 aromatic heterocycles. The molecule has 0 aliphatic rings. The van der Waals surface area contributed by atoms with Crippen molar-refractivity contribution in [1.29, 1.82) is 0 Å². The second kappa shape index (κ2) is 8.34. The van der Waals surface area contributed by atoms with Crippen LogP contribution in [0, 0.1) is 5.82 Å². The van der Waals surface area contributed by atoms with E-state index in [9.17, 15) is 14.0 Å². The van der Waals surface area contributed by atoms with Gasteiger partial charge in [-0.15, -0.1) is 0 Å². The largest absolute Gasteiger partial charge is 0.497 e. The molecule has 132 valence electrons. The van der Waals surface area contributed by atoms with E-state index in [2.05, 4.69) is 5.32 Å². The lowest BCUT2D eigenvalue weighted by Crippen LogP contribution is -2.21. The smallest absolute Gasteiger partial charge is 0.341 e. The Balaban J connectivity index is 1.99. The maximum absolute atomic E-state index is 13.6. The summed E-state index contributed by atoms with van der Waals surface area (Å²) < 4.78 is 28.6. The van der Waals surface area contributed by atoms with Gasteiger partial charge in [0.25, 0.3) is 5.91 Å². The summed E-state index contributed by atoms with van der Waals surface area (Å²) >= 11 is 5.71. The van der Waals surface area contributed by atoms with E-state index in [1.807, 2.05) is 0 Å². The molecule has 2 rings (SSSR count). The first kappa shape index (κ1) is 18.5. The van der Waals surface area contributed by atoms with Crippen LogP contribution in [0.4, 0.5) is 10.1 Å². The Hall–Kier alpha value is -2.80. The highest BCUT2D eigenvalue weighted by molar-refractivity contribution is 6.30. The number of rotatable bonds is 6. The van der Waals surface area contributed by atoms with Crippen molar-refractivity contribution in [1.82, 2.24) is 0 Å². The molecule has 0 radical (unpaired) electrons. The average molecular weight is 368 g/mol. The standard InChI is InChI=1S/C17H15ClFNO5/c1-23-11-4-6-14(15(8-11)24-2)20-16(21)9-25-17(22)12-7-10(18)3-5-13(12)19/h3-8H,9H2,1-2H3,(H,20,21). The van der Waals surface area contributed by atoms with Gasteiger partial charge in [-0.05, 0) is 30.3 Å².